The average Bonchev–Trinajstić information content (AvgIpc) is 3.47. The molecule has 1 saturated carbocycles. The minimum Gasteiger partial charge on any atom is -0.352 e. The highest BCUT2D eigenvalue weighted by Crippen LogP contribution is 2.24. The second-order valence-electron chi connectivity index (χ2n) is 9.77. The molecule has 4 amide bonds. The first kappa shape index (κ1) is 25.6. The van der Waals surface area contributed by atoms with Gasteiger partial charge in [-0.3, -0.25) is 24.1 Å². The number of hydrogen-bond donors (Lipinski definition) is 1. The van der Waals surface area contributed by atoms with E-state index in [4.69, 9.17) is 0 Å². The summed E-state index contributed by atoms with van der Waals surface area (Å²) in [6, 6.07) is 14.3. The van der Waals surface area contributed by atoms with E-state index in [-0.39, 0.29) is 42.6 Å². The third-order valence-corrected chi connectivity index (χ3v) is 7.34. The highest BCUT2D eigenvalue weighted by molar-refractivity contribution is 6.21. The quantitative estimate of drug-likeness (QED) is 0.506. The molecular formula is C29H35N3O4. The summed E-state index contributed by atoms with van der Waals surface area (Å²) in [6.45, 7) is 4.44. The van der Waals surface area contributed by atoms with Crippen molar-refractivity contribution in [3.8, 4) is 0 Å². The van der Waals surface area contributed by atoms with Crippen LogP contribution in [0.2, 0.25) is 0 Å². The number of imide groups is 1. The van der Waals surface area contributed by atoms with E-state index in [1.165, 1.54) is 4.90 Å². The van der Waals surface area contributed by atoms with Crippen molar-refractivity contribution in [1.82, 2.24) is 15.1 Å². The SMILES string of the molecule is CC[C@H](C(=O)NC1CCCC1)N(Cc1ccccc1C)C(=O)CCCN1C(=O)c2ccccc2C1=O. The summed E-state index contributed by atoms with van der Waals surface area (Å²) in [6.07, 6.45) is 5.19. The maximum absolute atomic E-state index is 13.5. The van der Waals surface area contributed by atoms with Gasteiger partial charge in [0.25, 0.3) is 11.8 Å². The van der Waals surface area contributed by atoms with E-state index in [2.05, 4.69) is 5.32 Å². The fourth-order valence-electron chi connectivity index (χ4n) is 5.23. The Hall–Kier alpha value is -3.48. The number of carbonyl (C=O) groups is 4. The second-order valence-corrected chi connectivity index (χ2v) is 9.77. The molecule has 1 aliphatic carbocycles. The number of nitrogens with one attached hydrogen (secondary N) is 1. The molecule has 0 bridgehead atoms. The van der Waals surface area contributed by atoms with E-state index >= 15 is 0 Å². The number of amides is 4. The molecule has 1 heterocycles. The zero-order valence-corrected chi connectivity index (χ0v) is 21.2. The van der Waals surface area contributed by atoms with E-state index in [0.717, 1.165) is 36.8 Å². The zero-order chi connectivity index (χ0) is 25.7. The monoisotopic (exact) mass is 489 g/mol. The molecular weight excluding hydrogens is 454 g/mol. The predicted molar refractivity (Wildman–Crippen MR) is 137 cm³/mol. The van der Waals surface area contributed by atoms with Crippen LogP contribution in [-0.4, -0.2) is 52.1 Å². The van der Waals surface area contributed by atoms with Gasteiger partial charge in [-0.1, -0.05) is 56.2 Å². The zero-order valence-electron chi connectivity index (χ0n) is 21.2. The van der Waals surface area contributed by atoms with Crippen LogP contribution >= 0.6 is 0 Å². The number of carbonyl (C=O) groups excluding carboxylic acids is 4. The minimum atomic E-state index is -0.572. The van der Waals surface area contributed by atoms with Gasteiger partial charge in [0.1, 0.15) is 6.04 Å². The van der Waals surface area contributed by atoms with E-state index in [0.29, 0.717) is 30.5 Å². The second kappa shape index (κ2) is 11.5. The summed E-state index contributed by atoms with van der Waals surface area (Å²) >= 11 is 0. The predicted octanol–water partition coefficient (Wildman–Crippen LogP) is 4.24. The number of benzene rings is 2. The summed E-state index contributed by atoms with van der Waals surface area (Å²) in [5, 5.41) is 3.16. The number of nitrogens with zero attached hydrogens (tertiary/aromatic N) is 2. The molecule has 0 unspecified atom stereocenters. The normalized spacial score (nSPS) is 16.2. The molecule has 1 fully saturated rings. The van der Waals surface area contributed by atoms with E-state index in [1.54, 1.807) is 29.2 Å². The molecule has 0 aromatic heterocycles. The molecule has 190 valence electrons. The van der Waals surface area contributed by atoms with E-state index in [1.807, 2.05) is 38.1 Å². The number of aryl methyl sites for hydroxylation is 1. The molecule has 1 N–H and O–H groups in total. The van der Waals surface area contributed by atoms with Gasteiger partial charge in [-0.05, 0) is 55.9 Å². The summed E-state index contributed by atoms with van der Waals surface area (Å²) in [4.78, 5) is 55.0. The summed E-state index contributed by atoms with van der Waals surface area (Å²) < 4.78 is 0. The van der Waals surface area contributed by atoms with Crippen molar-refractivity contribution in [2.75, 3.05) is 6.54 Å². The van der Waals surface area contributed by atoms with Crippen LogP contribution < -0.4 is 5.32 Å². The van der Waals surface area contributed by atoms with Gasteiger partial charge in [-0.15, -0.1) is 0 Å². The van der Waals surface area contributed by atoms with Gasteiger partial charge in [0.15, 0.2) is 0 Å². The van der Waals surface area contributed by atoms with Crippen molar-refractivity contribution in [1.29, 1.82) is 0 Å². The van der Waals surface area contributed by atoms with Gasteiger partial charge in [0.05, 0.1) is 11.1 Å². The number of fused-ring (bicyclic) bond motifs is 1. The van der Waals surface area contributed by atoms with Crippen LogP contribution in [0.4, 0.5) is 0 Å². The van der Waals surface area contributed by atoms with Crippen LogP contribution in [0.3, 0.4) is 0 Å². The highest BCUT2D eigenvalue weighted by atomic mass is 16.2. The standard InChI is InChI=1S/C29H35N3O4/c1-3-25(27(34)30-22-13-6-7-14-22)32(19-21-12-5-4-11-20(21)2)26(33)17-10-18-31-28(35)23-15-8-9-16-24(23)29(31)36/h4-5,8-9,11-12,15-16,22,25H,3,6-7,10,13-14,17-19H2,1-2H3,(H,30,34)/t25-/m1/s1. The maximum atomic E-state index is 13.5. The molecule has 4 rings (SSSR count). The van der Waals surface area contributed by atoms with Gasteiger partial charge in [-0.25, -0.2) is 0 Å². The van der Waals surface area contributed by atoms with Crippen LogP contribution in [0.5, 0.6) is 0 Å². The first-order valence-electron chi connectivity index (χ1n) is 13.0. The van der Waals surface area contributed by atoms with Crippen molar-refractivity contribution in [3.05, 3.63) is 70.8 Å². The topological polar surface area (TPSA) is 86.8 Å². The van der Waals surface area contributed by atoms with Crippen LogP contribution in [0.1, 0.15) is 83.7 Å². The van der Waals surface area contributed by atoms with Gasteiger partial charge >= 0.3 is 0 Å². The van der Waals surface area contributed by atoms with Gasteiger partial charge in [0, 0.05) is 25.6 Å². The lowest BCUT2D eigenvalue weighted by Crippen LogP contribution is -2.51. The van der Waals surface area contributed by atoms with Gasteiger partial charge < -0.3 is 10.2 Å². The third-order valence-electron chi connectivity index (χ3n) is 7.34. The van der Waals surface area contributed by atoms with Crippen molar-refractivity contribution in [2.24, 2.45) is 0 Å². The van der Waals surface area contributed by atoms with Crippen LogP contribution in [0.15, 0.2) is 48.5 Å². The Morgan fingerprint density at radius 3 is 2.22 bits per heavy atom. The van der Waals surface area contributed by atoms with Crippen LogP contribution in [-0.2, 0) is 16.1 Å². The molecule has 2 aromatic carbocycles. The molecule has 1 atom stereocenters. The molecule has 0 saturated heterocycles. The fraction of sp³-hybridized carbons (Fsp3) is 0.448. The highest BCUT2D eigenvalue weighted by Gasteiger charge is 2.35. The van der Waals surface area contributed by atoms with Crippen LogP contribution in [0, 0.1) is 6.92 Å². The average molecular weight is 490 g/mol. The van der Waals surface area contributed by atoms with Crippen LogP contribution in [0.25, 0.3) is 0 Å². The molecule has 7 heteroatoms. The Kier molecular flexibility index (Phi) is 8.18. The largest absolute Gasteiger partial charge is 0.352 e. The maximum Gasteiger partial charge on any atom is 0.261 e. The van der Waals surface area contributed by atoms with Gasteiger partial charge in [-0.2, -0.15) is 0 Å². The molecule has 7 nitrogen and oxygen atoms in total. The summed E-state index contributed by atoms with van der Waals surface area (Å²) in [5.74, 6) is -0.889. The Bertz CT molecular complexity index is 1100. The van der Waals surface area contributed by atoms with Gasteiger partial charge in [0.2, 0.25) is 11.8 Å². The lowest BCUT2D eigenvalue weighted by Gasteiger charge is -2.32. The fourth-order valence-corrected chi connectivity index (χ4v) is 5.23. The number of rotatable bonds is 10. The third kappa shape index (κ3) is 5.50. The van der Waals surface area contributed by atoms with Crippen molar-refractivity contribution in [3.63, 3.8) is 0 Å². The first-order chi connectivity index (χ1) is 17.4. The van der Waals surface area contributed by atoms with Crippen molar-refractivity contribution in [2.45, 2.75) is 77.4 Å². The van der Waals surface area contributed by atoms with E-state index in [9.17, 15) is 19.2 Å². The van der Waals surface area contributed by atoms with Crippen molar-refractivity contribution < 1.29 is 19.2 Å². The summed E-state index contributed by atoms with van der Waals surface area (Å²) in [7, 11) is 0. The number of hydrogen-bond acceptors (Lipinski definition) is 4. The summed E-state index contributed by atoms with van der Waals surface area (Å²) in [5.41, 5.74) is 2.87. The Balaban J connectivity index is 1.45. The first-order valence-corrected chi connectivity index (χ1v) is 13.0. The molecule has 2 aliphatic rings. The lowest BCUT2D eigenvalue weighted by molar-refractivity contribution is -0.141. The smallest absolute Gasteiger partial charge is 0.261 e. The Morgan fingerprint density at radius 1 is 1.00 bits per heavy atom. The Morgan fingerprint density at radius 2 is 1.61 bits per heavy atom. The minimum absolute atomic E-state index is 0.105. The van der Waals surface area contributed by atoms with E-state index < -0.39 is 6.04 Å². The Labute approximate surface area is 212 Å². The molecule has 2 aromatic rings. The molecule has 0 radical (unpaired) electrons. The van der Waals surface area contributed by atoms with Crippen molar-refractivity contribution >= 4 is 23.6 Å². The molecule has 1 aliphatic heterocycles. The molecule has 36 heavy (non-hydrogen) atoms. The molecule has 0 spiro atoms. The lowest BCUT2D eigenvalue weighted by atomic mass is 10.0.